The predicted octanol–water partition coefficient (Wildman–Crippen LogP) is 1.70. The molecule has 0 aromatic carbocycles. The first-order valence-corrected chi connectivity index (χ1v) is 5.29. The van der Waals surface area contributed by atoms with E-state index in [1.807, 2.05) is 4.98 Å². The van der Waals surface area contributed by atoms with Gasteiger partial charge in [0, 0.05) is 6.20 Å². The van der Waals surface area contributed by atoms with Gasteiger partial charge in [0.1, 0.15) is 6.42 Å². The third kappa shape index (κ3) is 4.50. The lowest BCUT2D eigenvalue weighted by atomic mass is 10.2. The van der Waals surface area contributed by atoms with Crippen LogP contribution in [0.1, 0.15) is 24.5 Å². The number of halogens is 3. The number of aromatic amines is 1. The number of nitrogens with one attached hydrogen (secondary N) is 1. The van der Waals surface area contributed by atoms with Crippen LogP contribution >= 0.6 is 0 Å². The molecule has 1 heterocycles. The van der Waals surface area contributed by atoms with Crippen molar-refractivity contribution in [3.8, 4) is 11.8 Å². The molecule has 1 aromatic heterocycles. The summed E-state index contributed by atoms with van der Waals surface area (Å²) >= 11 is 0. The van der Waals surface area contributed by atoms with Gasteiger partial charge in [-0.3, -0.25) is 9.59 Å². The molecule has 0 unspecified atom stereocenters. The number of ether oxygens (including phenoxy) is 1. The van der Waals surface area contributed by atoms with E-state index in [9.17, 15) is 22.8 Å². The van der Waals surface area contributed by atoms with E-state index in [0.29, 0.717) is 12.3 Å². The summed E-state index contributed by atoms with van der Waals surface area (Å²) in [6, 6.07) is 0.636. The van der Waals surface area contributed by atoms with Gasteiger partial charge in [-0.2, -0.15) is 13.2 Å². The number of hydrogen-bond acceptors (Lipinski definition) is 3. The Hall–Kier alpha value is -2.23. The lowest BCUT2D eigenvalue weighted by Gasteiger charge is -2.05. The van der Waals surface area contributed by atoms with Crippen LogP contribution in [0.2, 0.25) is 0 Å². The highest BCUT2D eigenvalue weighted by Crippen LogP contribution is 2.28. The maximum Gasteiger partial charge on any atom is 0.417 e. The van der Waals surface area contributed by atoms with E-state index >= 15 is 0 Å². The van der Waals surface area contributed by atoms with Crippen LogP contribution in [0.15, 0.2) is 17.1 Å². The highest BCUT2D eigenvalue weighted by atomic mass is 19.4. The molecule has 0 amide bonds. The first-order chi connectivity index (χ1) is 8.84. The Morgan fingerprint density at radius 2 is 2.16 bits per heavy atom. The second-order valence-electron chi connectivity index (χ2n) is 3.41. The number of alkyl halides is 3. The van der Waals surface area contributed by atoms with Crippen LogP contribution in [0.5, 0.6) is 0 Å². The van der Waals surface area contributed by atoms with Gasteiger partial charge in [0.25, 0.3) is 5.56 Å². The molecule has 1 aromatic rings. The van der Waals surface area contributed by atoms with E-state index in [2.05, 4.69) is 16.6 Å². The van der Waals surface area contributed by atoms with Gasteiger partial charge in [0.15, 0.2) is 0 Å². The van der Waals surface area contributed by atoms with E-state index in [0.717, 1.165) is 0 Å². The molecule has 0 aliphatic rings. The Labute approximate surface area is 106 Å². The summed E-state index contributed by atoms with van der Waals surface area (Å²) in [7, 11) is 0. The third-order valence-corrected chi connectivity index (χ3v) is 1.99. The van der Waals surface area contributed by atoms with E-state index in [1.165, 1.54) is 0 Å². The number of carbonyl (C=O) groups excluding carboxylic acids is 1. The maximum absolute atomic E-state index is 12.4. The quantitative estimate of drug-likeness (QED) is 0.659. The van der Waals surface area contributed by atoms with Gasteiger partial charge in [0.05, 0.1) is 17.7 Å². The fraction of sp³-hybridized carbons (Fsp3) is 0.333. The first kappa shape index (κ1) is 14.8. The molecule has 0 atom stereocenters. The van der Waals surface area contributed by atoms with Crippen LogP contribution in [0.25, 0.3) is 0 Å². The van der Waals surface area contributed by atoms with Crippen LogP contribution in [0, 0.1) is 11.8 Å². The molecule has 0 bridgehead atoms. The number of carbonyl (C=O) groups is 1. The summed E-state index contributed by atoms with van der Waals surface area (Å²) < 4.78 is 41.8. The standard InChI is InChI=1S/C12H10F3NO3/c1-2-19-10(17)5-3-4-8-6-9(12(13,14)15)7-16-11(8)18/h6-7H,2,5H2,1H3,(H,16,18). The van der Waals surface area contributed by atoms with Crippen molar-refractivity contribution in [1.82, 2.24) is 4.98 Å². The Bertz CT molecular complexity index is 578. The molecule has 0 saturated carbocycles. The minimum Gasteiger partial charge on any atom is -0.465 e. The Morgan fingerprint density at radius 1 is 1.47 bits per heavy atom. The van der Waals surface area contributed by atoms with E-state index in [4.69, 9.17) is 0 Å². The minimum absolute atomic E-state index is 0.185. The summed E-state index contributed by atoms with van der Waals surface area (Å²) in [5, 5.41) is 0. The zero-order valence-corrected chi connectivity index (χ0v) is 9.93. The molecule has 19 heavy (non-hydrogen) atoms. The molecule has 0 fully saturated rings. The van der Waals surface area contributed by atoms with Crippen LogP contribution in [0.4, 0.5) is 13.2 Å². The van der Waals surface area contributed by atoms with Crippen LogP contribution in [-0.4, -0.2) is 17.6 Å². The fourth-order valence-corrected chi connectivity index (χ4v) is 1.16. The van der Waals surface area contributed by atoms with Crippen LogP contribution < -0.4 is 5.56 Å². The van der Waals surface area contributed by atoms with Crippen molar-refractivity contribution >= 4 is 5.97 Å². The molecular formula is C12H10F3NO3. The molecule has 0 aliphatic heterocycles. The monoisotopic (exact) mass is 273 g/mol. The number of esters is 1. The molecule has 0 saturated heterocycles. The van der Waals surface area contributed by atoms with Gasteiger partial charge in [-0.15, -0.1) is 0 Å². The number of H-pyrrole nitrogens is 1. The van der Waals surface area contributed by atoms with Crippen molar-refractivity contribution in [1.29, 1.82) is 0 Å². The lowest BCUT2D eigenvalue weighted by Crippen LogP contribution is -2.14. The minimum atomic E-state index is -4.57. The van der Waals surface area contributed by atoms with Crippen molar-refractivity contribution in [2.75, 3.05) is 6.61 Å². The summed E-state index contributed by atoms with van der Waals surface area (Å²) in [6.07, 6.45) is -4.29. The number of hydrogen-bond donors (Lipinski definition) is 1. The molecule has 7 heteroatoms. The Kier molecular flexibility index (Phi) is 4.75. The average molecular weight is 273 g/mol. The molecule has 1 N–H and O–H groups in total. The molecule has 0 spiro atoms. The van der Waals surface area contributed by atoms with Crippen molar-refractivity contribution in [3.63, 3.8) is 0 Å². The third-order valence-electron chi connectivity index (χ3n) is 1.99. The summed E-state index contributed by atoms with van der Waals surface area (Å²) in [6.45, 7) is 1.80. The molecule has 1 rings (SSSR count). The second kappa shape index (κ2) is 6.09. The summed E-state index contributed by atoms with van der Waals surface area (Å²) in [4.78, 5) is 24.2. The van der Waals surface area contributed by atoms with E-state index in [1.54, 1.807) is 6.92 Å². The van der Waals surface area contributed by atoms with Gasteiger partial charge in [-0.1, -0.05) is 11.8 Å². The van der Waals surface area contributed by atoms with Gasteiger partial charge in [0.2, 0.25) is 0 Å². The van der Waals surface area contributed by atoms with Gasteiger partial charge in [-0.25, -0.2) is 0 Å². The predicted molar refractivity (Wildman–Crippen MR) is 60.2 cm³/mol. The van der Waals surface area contributed by atoms with E-state index < -0.39 is 23.3 Å². The van der Waals surface area contributed by atoms with Gasteiger partial charge >= 0.3 is 12.1 Å². The first-order valence-electron chi connectivity index (χ1n) is 5.29. The number of pyridine rings is 1. The summed E-state index contributed by atoms with van der Waals surface area (Å²) in [5.74, 6) is 3.92. The smallest absolute Gasteiger partial charge is 0.417 e. The average Bonchev–Trinajstić information content (AvgIpc) is 2.30. The zero-order valence-electron chi connectivity index (χ0n) is 9.93. The second-order valence-corrected chi connectivity index (χ2v) is 3.41. The summed E-state index contributed by atoms with van der Waals surface area (Å²) in [5.41, 5.74) is -2.10. The van der Waals surface area contributed by atoms with Crippen molar-refractivity contribution in [2.45, 2.75) is 19.5 Å². The lowest BCUT2D eigenvalue weighted by molar-refractivity contribution is -0.142. The fourth-order valence-electron chi connectivity index (χ4n) is 1.16. The SMILES string of the molecule is CCOC(=O)CC#Cc1cc(C(F)(F)F)c[nH]c1=O. The molecule has 4 nitrogen and oxygen atoms in total. The largest absolute Gasteiger partial charge is 0.465 e. The molecular weight excluding hydrogens is 263 g/mol. The van der Waals surface area contributed by atoms with Crippen LogP contribution in [-0.2, 0) is 15.7 Å². The Balaban J connectivity index is 2.93. The molecule has 0 aliphatic carbocycles. The van der Waals surface area contributed by atoms with Gasteiger partial charge < -0.3 is 9.72 Å². The van der Waals surface area contributed by atoms with Crippen molar-refractivity contribution < 1.29 is 22.7 Å². The van der Waals surface area contributed by atoms with Crippen molar-refractivity contribution in [3.05, 3.63) is 33.7 Å². The normalized spacial score (nSPS) is 10.5. The van der Waals surface area contributed by atoms with Crippen LogP contribution in [0.3, 0.4) is 0 Å². The maximum atomic E-state index is 12.4. The Morgan fingerprint density at radius 3 is 2.74 bits per heavy atom. The highest BCUT2D eigenvalue weighted by molar-refractivity contribution is 5.72. The molecule has 0 radical (unpaired) electrons. The number of rotatable bonds is 2. The number of aromatic nitrogens is 1. The highest BCUT2D eigenvalue weighted by Gasteiger charge is 2.31. The van der Waals surface area contributed by atoms with Gasteiger partial charge in [-0.05, 0) is 13.0 Å². The zero-order chi connectivity index (χ0) is 14.5. The molecule has 102 valence electrons. The van der Waals surface area contributed by atoms with Crippen molar-refractivity contribution in [2.24, 2.45) is 0 Å². The van der Waals surface area contributed by atoms with E-state index in [-0.39, 0.29) is 18.6 Å². The topological polar surface area (TPSA) is 59.2 Å².